The SMILES string of the molecule is CCCC.COPO. The lowest BCUT2D eigenvalue weighted by Crippen LogP contribution is -1.50. The molecule has 1 N–H and O–H groups in total. The molecular formula is C5H15O2P. The van der Waals surface area contributed by atoms with Crippen LogP contribution in [-0.2, 0) is 4.52 Å². The zero-order chi connectivity index (χ0) is 6.83. The van der Waals surface area contributed by atoms with Gasteiger partial charge in [-0.25, -0.2) is 0 Å². The van der Waals surface area contributed by atoms with Crippen LogP contribution < -0.4 is 0 Å². The maximum atomic E-state index is 7.68. The van der Waals surface area contributed by atoms with Crippen molar-refractivity contribution in [1.82, 2.24) is 0 Å². The lowest BCUT2D eigenvalue weighted by Gasteiger charge is -1.75. The Morgan fingerprint density at radius 3 is 1.62 bits per heavy atom. The third-order valence-electron chi connectivity index (χ3n) is 0.591. The molecule has 0 amide bonds. The fraction of sp³-hybridized carbons (Fsp3) is 1.00. The molecule has 1 unspecified atom stereocenters. The number of hydrogen-bond donors (Lipinski definition) is 1. The molecule has 1 atom stereocenters. The van der Waals surface area contributed by atoms with E-state index in [0.717, 1.165) is 0 Å². The normalized spacial score (nSPS) is 9.00. The van der Waals surface area contributed by atoms with Crippen LogP contribution in [0.2, 0.25) is 0 Å². The molecule has 0 spiro atoms. The third kappa shape index (κ3) is 32.9. The Morgan fingerprint density at radius 2 is 1.62 bits per heavy atom. The Hall–Kier alpha value is 0.350. The first-order chi connectivity index (χ1) is 3.83. The molecule has 8 heavy (non-hydrogen) atoms. The predicted octanol–water partition coefficient (Wildman–Crippen LogP) is 1.94. The van der Waals surface area contributed by atoms with Crippen molar-refractivity contribution in [3.8, 4) is 0 Å². The van der Waals surface area contributed by atoms with E-state index in [4.69, 9.17) is 4.89 Å². The molecule has 2 nitrogen and oxygen atoms in total. The maximum Gasteiger partial charge on any atom is 0.151 e. The van der Waals surface area contributed by atoms with E-state index in [9.17, 15) is 0 Å². The van der Waals surface area contributed by atoms with Gasteiger partial charge in [-0.3, -0.25) is 0 Å². The van der Waals surface area contributed by atoms with E-state index in [0.29, 0.717) is 0 Å². The van der Waals surface area contributed by atoms with Gasteiger partial charge in [-0.15, -0.1) is 0 Å². The van der Waals surface area contributed by atoms with Crippen molar-refractivity contribution in [2.24, 2.45) is 0 Å². The molecule has 0 fully saturated rings. The molecule has 0 aliphatic carbocycles. The van der Waals surface area contributed by atoms with Crippen LogP contribution in [0.15, 0.2) is 0 Å². The molecule has 0 saturated carbocycles. The predicted molar refractivity (Wildman–Crippen MR) is 38.1 cm³/mol. The van der Waals surface area contributed by atoms with Gasteiger partial charge in [0.15, 0.2) is 9.03 Å². The molecule has 0 aromatic carbocycles. The molecule has 0 aromatic heterocycles. The summed E-state index contributed by atoms with van der Waals surface area (Å²) in [5, 5.41) is 0. The minimum Gasteiger partial charge on any atom is -0.352 e. The molecule has 3 heteroatoms. The summed E-state index contributed by atoms with van der Waals surface area (Å²) in [4.78, 5) is 7.68. The van der Waals surface area contributed by atoms with E-state index in [1.807, 2.05) is 0 Å². The van der Waals surface area contributed by atoms with Gasteiger partial charge in [0.25, 0.3) is 0 Å². The molecule has 0 rings (SSSR count). The monoisotopic (exact) mass is 138 g/mol. The summed E-state index contributed by atoms with van der Waals surface area (Å²) in [7, 11) is 1.08. The zero-order valence-electron chi connectivity index (χ0n) is 5.77. The van der Waals surface area contributed by atoms with Crippen molar-refractivity contribution in [2.75, 3.05) is 7.11 Å². The van der Waals surface area contributed by atoms with Crippen LogP contribution in [0, 0.1) is 0 Å². The first kappa shape index (κ1) is 11.2. The van der Waals surface area contributed by atoms with Crippen molar-refractivity contribution in [1.29, 1.82) is 0 Å². The van der Waals surface area contributed by atoms with Gasteiger partial charge in [0, 0.05) is 7.11 Å². The Labute approximate surface area is 53.2 Å². The summed E-state index contributed by atoms with van der Waals surface area (Å²) in [6.07, 6.45) is 2.64. The lowest BCUT2D eigenvalue weighted by atomic mass is 10.4. The first-order valence-electron chi connectivity index (χ1n) is 2.75. The molecule has 0 heterocycles. The molecule has 0 aromatic rings. The smallest absolute Gasteiger partial charge is 0.151 e. The first-order valence-corrected chi connectivity index (χ1v) is 3.61. The van der Waals surface area contributed by atoms with Crippen molar-refractivity contribution in [3.05, 3.63) is 0 Å². The average molecular weight is 138 g/mol. The molecule has 0 bridgehead atoms. The summed E-state index contributed by atoms with van der Waals surface area (Å²) in [6.45, 7) is 4.36. The number of unbranched alkanes of at least 4 members (excludes halogenated alkanes) is 1. The van der Waals surface area contributed by atoms with Gasteiger partial charge >= 0.3 is 0 Å². The van der Waals surface area contributed by atoms with Crippen molar-refractivity contribution in [2.45, 2.75) is 26.7 Å². The summed E-state index contributed by atoms with van der Waals surface area (Å²) in [5.74, 6) is 0. The zero-order valence-corrected chi connectivity index (χ0v) is 6.77. The van der Waals surface area contributed by atoms with E-state index in [1.54, 1.807) is 0 Å². The molecule has 52 valence electrons. The van der Waals surface area contributed by atoms with Gasteiger partial charge in [0.05, 0.1) is 0 Å². The fourth-order valence-corrected chi connectivity index (χ4v) is 0. The second kappa shape index (κ2) is 15.7. The number of rotatable bonds is 2. The molecule has 0 saturated heterocycles. The highest BCUT2D eigenvalue weighted by Gasteiger charge is 1.56. The van der Waals surface area contributed by atoms with Crippen LogP contribution in [0.1, 0.15) is 26.7 Å². The van der Waals surface area contributed by atoms with Gasteiger partial charge in [-0.05, 0) is 0 Å². The Bertz CT molecular complexity index is 18.4. The number of hydrogen-bond acceptors (Lipinski definition) is 2. The largest absolute Gasteiger partial charge is 0.352 e. The standard InChI is InChI=1S/C4H10.CH5O2P/c2*1-3-4-2/h3-4H2,1-2H3;2,4H,1H3. The Kier molecular flexibility index (Phi) is 21.9. The Balaban J connectivity index is 0. The van der Waals surface area contributed by atoms with Crippen LogP contribution in [0.3, 0.4) is 0 Å². The highest BCUT2D eigenvalue weighted by atomic mass is 31.1. The maximum absolute atomic E-state index is 7.68. The van der Waals surface area contributed by atoms with Crippen molar-refractivity contribution < 1.29 is 9.42 Å². The topological polar surface area (TPSA) is 29.5 Å². The molecule has 0 aliphatic heterocycles. The van der Waals surface area contributed by atoms with E-state index in [2.05, 4.69) is 18.4 Å². The van der Waals surface area contributed by atoms with Gasteiger partial charge in [-0.1, -0.05) is 26.7 Å². The van der Waals surface area contributed by atoms with Crippen LogP contribution in [-0.4, -0.2) is 12.0 Å². The van der Waals surface area contributed by atoms with Crippen LogP contribution in [0.5, 0.6) is 0 Å². The summed E-state index contributed by atoms with van der Waals surface area (Å²) in [6, 6.07) is 0. The summed E-state index contributed by atoms with van der Waals surface area (Å²) >= 11 is 0. The second-order valence-electron chi connectivity index (χ2n) is 1.30. The highest BCUT2D eigenvalue weighted by molar-refractivity contribution is 7.24. The lowest BCUT2D eigenvalue weighted by molar-refractivity contribution is 0.413. The quantitative estimate of drug-likeness (QED) is 0.591. The van der Waals surface area contributed by atoms with Gasteiger partial charge < -0.3 is 9.42 Å². The third-order valence-corrected chi connectivity index (χ3v) is 0.774. The van der Waals surface area contributed by atoms with E-state index in [1.165, 1.54) is 20.0 Å². The van der Waals surface area contributed by atoms with Gasteiger partial charge in [-0.2, -0.15) is 0 Å². The van der Waals surface area contributed by atoms with Gasteiger partial charge in [0.1, 0.15) is 0 Å². The summed E-state index contributed by atoms with van der Waals surface area (Å²) in [5.41, 5.74) is 0. The van der Waals surface area contributed by atoms with Crippen LogP contribution in [0.4, 0.5) is 0 Å². The van der Waals surface area contributed by atoms with Gasteiger partial charge in [0.2, 0.25) is 0 Å². The van der Waals surface area contributed by atoms with Crippen LogP contribution in [0.25, 0.3) is 0 Å². The second-order valence-corrected chi connectivity index (χ2v) is 1.89. The van der Waals surface area contributed by atoms with E-state index in [-0.39, 0.29) is 9.03 Å². The highest BCUT2D eigenvalue weighted by Crippen LogP contribution is 1.95. The van der Waals surface area contributed by atoms with Crippen molar-refractivity contribution in [3.63, 3.8) is 0 Å². The van der Waals surface area contributed by atoms with Crippen molar-refractivity contribution >= 4 is 9.03 Å². The molecule has 0 aliphatic rings. The van der Waals surface area contributed by atoms with E-state index >= 15 is 0 Å². The molecule has 0 radical (unpaired) electrons. The fourth-order valence-electron chi connectivity index (χ4n) is 0. The average Bonchev–Trinajstić information content (AvgIpc) is 1.88. The summed E-state index contributed by atoms with van der Waals surface area (Å²) < 4.78 is 4.12. The Morgan fingerprint density at radius 1 is 1.38 bits per heavy atom. The molecular weight excluding hydrogens is 123 g/mol. The minimum atomic E-state index is -0.360. The van der Waals surface area contributed by atoms with E-state index < -0.39 is 0 Å². The van der Waals surface area contributed by atoms with Crippen LogP contribution >= 0.6 is 9.03 Å². The minimum absolute atomic E-state index is 0.360.